The summed E-state index contributed by atoms with van der Waals surface area (Å²) in [5, 5.41) is 2.77. The second-order valence-electron chi connectivity index (χ2n) is 7.81. The van der Waals surface area contributed by atoms with E-state index < -0.39 is 23.6 Å². The van der Waals surface area contributed by atoms with Crippen molar-refractivity contribution >= 4 is 17.6 Å². The molecule has 0 aliphatic heterocycles. The van der Waals surface area contributed by atoms with Gasteiger partial charge in [0.05, 0.1) is 11.1 Å². The van der Waals surface area contributed by atoms with Crippen molar-refractivity contribution in [3.05, 3.63) is 89.5 Å². The van der Waals surface area contributed by atoms with Gasteiger partial charge in [-0.1, -0.05) is 44.2 Å². The van der Waals surface area contributed by atoms with Gasteiger partial charge in [0.1, 0.15) is 6.61 Å². The number of carbonyl (C=O) groups is 2. The van der Waals surface area contributed by atoms with Gasteiger partial charge >= 0.3 is 12.1 Å². The lowest BCUT2D eigenvalue weighted by Crippen LogP contribution is -2.27. The van der Waals surface area contributed by atoms with Crippen molar-refractivity contribution in [2.75, 3.05) is 31.6 Å². The van der Waals surface area contributed by atoms with Crippen molar-refractivity contribution < 1.29 is 27.5 Å². The Hall–Kier alpha value is -3.65. The first-order valence-corrected chi connectivity index (χ1v) is 11.3. The van der Waals surface area contributed by atoms with E-state index in [1.807, 2.05) is 13.8 Å². The Labute approximate surface area is 202 Å². The molecule has 0 atom stereocenters. The van der Waals surface area contributed by atoms with Gasteiger partial charge in [0.15, 0.2) is 0 Å². The fraction of sp³-hybridized carbons (Fsp3) is 0.259. The summed E-state index contributed by atoms with van der Waals surface area (Å²) in [6.45, 7) is 6.79. The topological polar surface area (TPSA) is 58.6 Å². The minimum absolute atomic E-state index is 0.291. The van der Waals surface area contributed by atoms with E-state index in [0.29, 0.717) is 41.1 Å². The van der Waals surface area contributed by atoms with Gasteiger partial charge < -0.3 is 15.0 Å². The Bertz CT molecular complexity index is 1140. The van der Waals surface area contributed by atoms with E-state index in [-0.39, 0.29) is 0 Å². The number of hydrogen-bond donors (Lipinski definition) is 1. The number of alkyl halides is 3. The summed E-state index contributed by atoms with van der Waals surface area (Å²) in [6, 6.07) is 17.7. The largest absolute Gasteiger partial charge is 0.461 e. The summed E-state index contributed by atoms with van der Waals surface area (Å²) in [7, 11) is 0. The Morgan fingerprint density at radius 2 is 1.51 bits per heavy atom. The van der Waals surface area contributed by atoms with Crippen LogP contribution in [-0.4, -0.2) is 43.0 Å². The number of benzene rings is 3. The standard InChI is InChI=1S/C27H27F3N2O3/c1-3-32(4-2)17-18-35-26(34)20-11-15-22(16-12-20)31-25(33)24-8-6-5-7-23(24)19-9-13-21(14-10-19)27(28,29)30/h5-16H,3-4,17-18H2,1-2H3,(H,31,33). The third kappa shape index (κ3) is 6.93. The van der Waals surface area contributed by atoms with Crippen LogP contribution in [0, 0.1) is 0 Å². The average Bonchev–Trinajstić information content (AvgIpc) is 2.86. The summed E-state index contributed by atoms with van der Waals surface area (Å²) in [6.07, 6.45) is -4.43. The van der Waals surface area contributed by atoms with Crippen LogP contribution in [0.15, 0.2) is 72.8 Å². The monoisotopic (exact) mass is 484 g/mol. The van der Waals surface area contributed by atoms with Crippen LogP contribution in [0.2, 0.25) is 0 Å². The number of amides is 1. The van der Waals surface area contributed by atoms with Crippen molar-refractivity contribution in [2.24, 2.45) is 0 Å². The number of hydrogen-bond acceptors (Lipinski definition) is 4. The molecule has 0 aliphatic carbocycles. The van der Waals surface area contributed by atoms with Gasteiger partial charge in [-0.2, -0.15) is 13.2 Å². The van der Waals surface area contributed by atoms with Crippen LogP contribution in [0.25, 0.3) is 11.1 Å². The zero-order valence-corrected chi connectivity index (χ0v) is 19.6. The molecule has 3 rings (SSSR count). The molecule has 35 heavy (non-hydrogen) atoms. The van der Waals surface area contributed by atoms with Crippen LogP contribution in [-0.2, 0) is 10.9 Å². The number of nitrogens with zero attached hydrogens (tertiary/aromatic N) is 1. The lowest BCUT2D eigenvalue weighted by atomic mass is 9.98. The van der Waals surface area contributed by atoms with Crippen LogP contribution in [0.5, 0.6) is 0 Å². The molecule has 5 nitrogen and oxygen atoms in total. The zero-order valence-electron chi connectivity index (χ0n) is 19.6. The van der Waals surface area contributed by atoms with Gasteiger partial charge in [-0.15, -0.1) is 0 Å². The number of anilines is 1. The summed E-state index contributed by atoms with van der Waals surface area (Å²) in [4.78, 5) is 27.3. The van der Waals surface area contributed by atoms with Crippen LogP contribution >= 0.6 is 0 Å². The van der Waals surface area contributed by atoms with Gasteiger partial charge in [0.25, 0.3) is 5.91 Å². The molecule has 0 saturated carbocycles. The number of rotatable bonds is 9. The molecule has 0 aromatic heterocycles. The third-order valence-electron chi connectivity index (χ3n) is 5.61. The molecule has 184 valence electrons. The van der Waals surface area contributed by atoms with E-state index >= 15 is 0 Å². The maximum absolute atomic E-state index is 12.9. The molecule has 0 radical (unpaired) electrons. The molecular formula is C27H27F3N2O3. The predicted octanol–water partition coefficient (Wildman–Crippen LogP) is 6.12. The Morgan fingerprint density at radius 1 is 0.886 bits per heavy atom. The number of carbonyl (C=O) groups excluding carboxylic acids is 2. The Balaban J connectivity index is 1.67. The molecule has 1 amide bonds. The number of nitrogens with one attached hydrogen (secondary N) is 1. The number of esters is 1. The minimum Gasteiger partial charge on any atom is -0.461 e. The highest BCUT2D eigenvalue weighted by Crippen LogP contribution is 2.32. The molecular weight excluding hydrogens is 457 g/mol. The average molecular weight is 485 g/mol. The highest BCUT2D eigenvalue weighted by Gasteiger charge is 2.30. The van der Waals surface area contributed by atoms with Gasteiger partial charge in [-0.05, 0) is 66.7 Å². The first kappa shape index (κ1) is 26.0. The second-order valence-corrected chi connectivity index (χ2v) is 7.81. The minimum atomic E-state index is -4.43. The fourth-order valence-electron chi connectivity index (χ4n) is 3.55. The van der Waals surface area contributed by atoms with Gasteiger partial charge in [-0.25, -0.2) is 4.79 Å². The SMILES string of the molecule is CCN(CC)CCOC(=O)c1ccc(NC(=O)c2ccccc2-c2ccc(C(F)(F)F)cc2)cc1. The highest BCUT2D eigenvalue weighted by atomic mass is 19.4. The van der Waals surface area contributed by atoms with E-state index in [1.165, 1.54) is 12.1 Å². The van der Waals surface area contributed by atoms with E-state index in [1.54, 1.807) is 48.5 Å². The lowest BCUT2D eigenvalue weighted by Gasteiger charge is -2.17. The van der Waals surface area contributed by atoms with Crippen LogP contribution in [0.4, 0.5) is 18.9 Å². The highest BCUT2D eigenvalue weighted by molar-refractivity contribution is 6.08. The first-order valence-electron chi connectivity index (χ1n) is 11.3. The molecule has 8 heteroatoms. The van der Waals surface area contributed by atoms with E-state index in [9.17, 15) is 22.8 Å². The van der Waals surface area contributed by atoms with Crippen molar-refractivity contribution in [3.63, 3.8) is 0 Å². The number of likely N-dealkylation sites (N-methyl/N-ethyl adjacent to an activating group) is 1. The Kier molecular flexibility index (Phi) is 8.65. The van der Waals surface area contributed by atoms with Crippen molar-refractivity contribution in [1.29, 1.82) is 0 Å². The lowest BCUT2D eigenvalue weighted by molar-refractivity contribution is -0.137. The smallest absolute Gasteiger partial charge is 0.416 e. The van der Waals surface area contributed by atoms with E-state index in [0.717, 1.165) is 25.2 Å². The van der Waals surface area contributed by atoms with Gasteiger partial charge in [0, 0.05) is 17.8 Å². The molecule has 0 heterocycles. The quantitative estimate of drug-likeness (QED) is 0.372. The number of halogens is 3. The van der Waals surface area contributed by atoms with E-state index in [2.05, 4.69) is 10.2 Å². The van der Waals surface area contributed by atoms with Crippen molar-refractivity contribution in [2.45, 2.75) is 20.0 Å². The summed E-state index contributed by atoms with van der Waals surface area (Å²) in [5.74, 6) is -0.863. The molecule has 0 spiro atoms. The third-order valence-corrected chi connectivity index (χ3v) is 5.61. The van der Waals surface area contributed by atoms with E-state index in [4.69, 9.17) is 4.74 Å². The summed E-state index contributed by atoms with van der Waals surface area (Å²) in [5.41, 5.74) is 1.39. The van der Waals surface area contributed by atoms with Crippen LogP contribution in [0.3, 0.4) is 0 Å². The molecule has 1 N–H and O–H groups in total. The summed E-state index contributed by atoms with van der Waals surface area (Å²) >= 11 is 0. The zero-order chi connectivity index (χ0) is 25.4. The maximum atomic E-state index is 12.9. The van der Waals surface area contributed by atoms with Crippen LogP contribution in [0.1, 0.15) is 40.1 Å². The Morgan fingerprint density at radius 3 is 2.11 bits per heavy atom. The van der Waals surface area contributed by atoms with Gasteiger partial charge in [-0.3, -0.25) is 4.79 Å². The van der Waals surface area contributed by atoms with Crippen molar-refractivity contribution in [1.82, 2.24) is 4.90 Å². The summed E-state index contributed by atoms with van der Waals surface area (Å²) < 4.78 is 43.9. The molecule has 0 bridgehead atoms. The molecule has 0 saturated heterocycles. The molecule has 0 aliphatic rings. The molecule has 0 fully saturated rings. The molecule has 0 unspecified atom stereocenters. The predicted molar refractivity (Wildman–Crippen MR) is 129 cm³/mol. The molecule has 3 aromatic rings. The fourth-order valence-corrected chi connectivity index (χ4v) is 3.55. The van der Waals surface area contributed by atoms with Gasteiger partial charge in [0.2, 0.25) is 0 Å². The second kappa shape index (κ2) is 11.7. The normalized spacial score (nSPS) is 11.4. The first-order chi connectivity index (χ1) is 16.7. The van der Waals surface area contributed by atoms with Crippen molar-refractivity contribution in [3.8, 4) is 11.1 Å². The molecule has 3 aromatic carbocycles. The number of ether oxygens (including phenoxy) is 1. The maximum Gasteiger partial charge on any atom is 0.416 e. The van der Waals surface area contributed by atoms with Crippen LogP contribution < -0.4 is 5.32 Å².